The first-order chi connectivity index (χ1) is 12.6. The van der Waals surface area contributed by atoms with E-state index in [1.807, 2.05) is 44.4 Å². The number of nitrogens with one attached hydrogen (secondary N) is 1. The number of rotatable bonds is 4. The third kappa shape index (κ3) is 4.21. The monoisotopic (exact) mass is 369 g/mol. The van der Waals surface area contributed by atoms with Gasteiger partial charge in [-0.05, 0) is 48.2 Å². The summed E-state index contributed by atoms with van der Waals surface area (Å²) in [6, 6.07) is 12.7. The van der Waals surface area contributed by atoms with Crippen LogP contribution in [-0.4, -0.2) is 18.0 Å². The van der Waals surface area contributed by atoms with Gasteiger partial charge >= 0.3 is 0 Å². The summed E-state index contributed by atoms with van der Waals surface area (Å²) < 4.78 is 5.20. The summed E-state index contributed by atoms with van der Waals surface area (Å²) in [6.45, 7) is 6.03. The number of carbonyl (C=O) groups excluding carboxylic acids is 1. The molecule has 3 aromatic rings. The molecule has 0 aliphatic carbocycles. The maximum atomic E-state index is 12.4. The molecule has 26 heavy (non-hydrogen) atoms. The molecule has 0 aliphatic rings. The van der Waals surface area contributed by atoms with E-state index in [1.165, 1.54) is 7.11 Å². The van der Waals surface area contributed by atoms with E-state index in [4.69, 9.17) is 10.5 Å². The predicted octanol–water partition coefficient (Wildman–Crippen LogP) is 4.99. The van der Waals surface area contributed by atoms with Gasteiger partial charge < -0.3 is 15.8 Å². The van der Waals surface area contributed by atoms with Crippen LogP contribution in [0.4, 0.5) is 11.6 Å². The van der Waals surface area contributed by atoms with Crippen LogP contribution in [0.1, 0.15) is 29.8 Å². The minimum atomic E-state index is -0.292. The van der Waals surface area contributed by atoms with Gasteiger partial charge in [0.25, 0.3) is 5.91 Å². The number of nitrogen functional groups attached to an aromatic ring is 1. The van der Waals surface area contributed by atoms with E-state index < -0.39 is 0 Å². The zero-order chi connectivity index (χ0) is 19.1. The number of nitrogens with two attached hydrogens (primary N) is 1. The summed E-state index contributed by atoms with van der Waals surface area (Å²) in [6.07, 6.45) is 0. The molecule has 3 rings (SSSR count). The van der Waals surface area contributed by atoms with Gasteiger partial charge in [0.2, 0.25) is 0 Å². The summed E-state index contributed by atoms with van der Waals surface area (Å²) in [5.41, 5.74) is 8.54. The summed E-state index contributed by atoms with van der Waals surface area (Å²) in [4.78, 5) is 17.8. The largest absolute Gasteiger partial charge is 0.496 e. The molecule has 0 radical (unpaired) electrons. The molecule has 1 aromatic carbocycles. The lowest BCUT2D eigenvalue weighted by atomic mass is 10.1. The average Bonchev–Trinajstić information content (AvgIpc) is 3.09. The molecule has 5 nitrogen and oxygen atoms in total. The van der Waals surface area contributed by atoms with E-state index >= 15 is 0 Å². The van der Waals surface area contributed by atoms with Crippen molar-refractivity contribution in [3.63, 3.8) is 0 Å². The summed E-state index contributed by atoms with van der Waals surface area (Å²) in [5.74, 6) is 1.01. The number of thiophene rings is 1. The van der Waals surface area contributed by atoms with Crippen molar-refractivity contribution in [2.75, 3.05) is 18.2 Å². The Bertz CT molecular complexity index is 890. The van der Waals surface area contributed by atoms with Gasteiger partial charge in [-0.2, -0.15) is 0 Å². The third-order valence-electron chi connectivity index (χ3n) is 3.62. The number of methoxy groups -OCH3 is 1. The molecule has 0 saturated carbocycles. The highest BCUT2D eigenvalue weighted by Crippen LogP contribution is 2.33. The quantitative estimate of drug-likeness (QED) is 0.679. The zero-order valence-corrected chi connectivity index (χ0v) is 16.2. The molecule has 0 atom stereocenters. The molecule has 0 bridgehead atoms. The van der Waals surface area contributed by atoms with Crippen LogP contribution >= 0.6 is 11.3 Å². The molecule has 2 heterocycles. The Morgan fingerprint density at radius 1 is 1.15 bits per heavy atom. The van der Waals surface area contributed by atoms with Gasteiger partial charge in [0.1, 0.15) is 17.4 Å². The van der Waals surface area contributed by atoms with Crippen molar-refractivity contribution in [1.82, 2.24) is 4.98 Å². The van der Waals surface area contributed by atoms with Crippen LogP contribution in [-0.2, 0) is 0 Å². The van der Waals surface area contributed by atoms with Crippen molar-refractivity contribution in [3.8, 4) is 16.2 Å². The van der Waals surface area contributed by atoms with E-state index in [0.29, 0.717) is 22.9 Å². The number of benzene rings is 1. The van der Waals surface area contributed by atoms with Gasteiger partial charge in [-0.25, -0.2) is 4.98 Å². The number of carbonyl (C=O) groups is 1. The van der Waals surface area contributed by atoms with E-state index in [0.717, 1.165) is 16.0 Å². The number of pyridine rings is 1. The standard InChI is InChI=1S/C18H17N3O2S.C2H6/c1-11-9-10-24-16(11)13-7-8-15(20-17(13)19)21-18(22)12-5-3-4-6-14(12)23-2;1-2/h3-10H,1-2H3,(H3,19,20,21,22);1-2H3. The molecule has 1 amide bonds. The highest BCUT2D eigenvalue weighted by molar-refractivity contribution is 7.13. The van der Waals surface area contributed by atoms with Crippen LogP contribution in [0.25, 0.3) is 10.4 Å². The fraction of sp³-hybridized carbons (Fsp3) is 0.200. The Morgan fingerprint density at radius 3 is 2.50 bits per heavy atom. The van der Waals surface area contributed by atoms with Crippen LogP contribution in [0.3, 0.4) is 0 Å². The second-order valence-corrected chi connectivity index (χ2v) is 6.13. The summed E-state index contributed by atoms with van der Waals surface area (Å²) >= 11 is 1.61. The van der Waals surface area contributed by atoms with Crippen LogP contribution < -0.4 is 15.8 Å². The van der Waals surface area contributed by atoms with Crippen LogP contribution in [0.5, 0.6) is 5.75 Å². The second kappa shape index (κ2) is 9.01. The Hall–Kier alpha value is -2.86. The number of ether oxygens (including phenoxy) is 1. The molecular weight excluding hydrogens is 346 g/mol. The van der Waals surface area contributed by atoms with Gasteiger partial charge in [0.15, 0.2) is 0 Å². The normalized spacial score (nSPS) is 9.85. The lowest BCUT2D eigenvalue weighted by Crippen LogP contribution is -2.14. The fourth-order valence-electron chi connectivity index (χ4n) is 2.40. The number of aryl methyl sites for hydroxylation is 1. The Balaban J connectivity index is 0.00000117. The highest BCUT2D eigenvalue weighted by Gasteiger charge is 2.14. The lowest BCUT2D eigenvalue weighted by Gasteiger charge is -2.10. The topological polar surface area (TPSA) is 77.2 Å². The Labute approximate surface area is 157 Å². The van der Waals surface area contributed by atoms with Crippen molar-refractivity contribution in [2.45, 2.75) is 20.8 Å². The maximum absolute atomic E-state index is 12.4. The molecule has 2 aromatic heterocycles. The minimum Gasteiger partial charge on any atom is -0.496 e. The van der Waals surface area contributed by atoms with Crippen molar-refractivity contribution in [1.29, 1.82) is 0 Å². The number of aromatic nitrogens is 1. The van der Waals surface area contributed by atoms with Crippen molar-refractivity contribution in [3.05, 3.63) is 59.0 Å². The molecule has 0 unspecified atom stereocenters. The zero-order valence-electron chi connectivity index (χ0n) is 15.4. The molecule has 136 valence electrons. The third-order valence-corrected chi connectivity index (χ3v) is 4.67. The van der Waals surface area contributed by atoms with E-state index in [2.05, 4.69) is 10.3 Å². The highest BCUT2D eigenvalue weighted by atomic mass is 32.1. The fourth-order valence-corrected chi connectivity index (χ4v) is 3.36. The van der Waals surface area contributed by atoms with Gasteiger partial charge in [-0.1, -0.05) is 26.0 Å². The van der Waals surface area contributed by atoms with Crippen LogP contribution in [0.15, 0.2) is 47.8 Å². The second-order valence-electron chi connectivity index (χ2n) is 5.22. The smallest absolute Gasteiger partial charge is 0.260 e. The maximum Gasteiger partial charge on any atom is 0.260 e. The van der Waals surface area contributed by atoms with E-state index in [1.54, 1.807) is 35.6 Å². The Kier molecular flexibility index (Phi) is 6.74. The van der Waals surface area contributed by atoms with Crippen molar-refractivity contribution < 1.29 is 9.53 Å². The van der Waals surface area contributed by atoms with Gasteiger partial charge in [-0.15, -0.1) is 11.3 Å². The number of para-hydroxylation sites is 1. The number of amides is 1. The first-order valence-electron chi connectivity index (χ1n) is 8.35. The molecule has 3 N–H and O–H groups in total. The Morgan fingerprint density at radius 2 is 1.88 bits per heavy atom. The first-order valence-corrected chi connectivity index (χ1v) is 9.23. The SMILES string of the molecule is CC.COc1ccccc1C(=O)Nc1ccc(-c2sccc2C)c(N)n1. The molecule has 0 spiro atoms. The number of hydrogen-bond donors (Lipinski definition) is 2. The van der Waals surface area contributed by atoms with E-state index in [-0.39, 0.29) is 5.91 Å². The van der Waals surface area contributed by atoms with Crippen LogP contribution in [0.2, 0.25) is 0 Å². The van der Waals surface area contributed by atoms with Gasteiger partial charge in [-0.3, -0.25) is 4.79 Å². The van der Waals surface area contributed by atoms with Crippen molar-refractivity contribution in [2.24, 2.45) is 0 Å². The van der Waals surface area contributed by atoms with Gasteiger partial charge in [0.05, 0.1) is 12.7 Å². The lowest BCUT2D eigenvalue weighted by molar-refractivity contribution is 0.102. The molecule has 0 aliphatic heterocycles. The van der Waals surface area contributed by atoms with E-state index in [9.17, 15) is 4.79 Å². The average molecular weight is 369 g/mol. The molecular formula is C20H23N3O2S. The molecule has 6 heteroatoms. The minimum absolute atomic E-state index is 0.292. The van der Waals surface area contributed by atoms with Gasteiger partial charge in [0, 0.05) is 10.4 Å². The number of anilines is 2. The summed E-state index contributed by atoms with van der Waals surface area (Å²) in [7, 11) is 1.53. The predicted molar refractivity (Wildman–Crippen MR) is 109 cm³/mol. The molecule has 0 saturated heterocycles. The summed E-state index contributed by atoms with van der Waals surface area (Å²) in [5, 5.41) is 4.77. The number of hydrogen-bond acceptors (Lipinski definition) is 5. The van der Waals surface area contributed by atoms with Crippen LogP contribution in [0, 0.1) is 6.92 Å². The first kappa shape index (κ1) is 19.5. The number of nitrogens with zero attached hydrogens (tertiary/aromatic N) is 1. The molecule has 0 fully saturated rings. The van der Waals surface area contributed by atoms with Crippen molar-refractivity contribution >= 4 is 28.9 Å².